The fourth-order valence-corrected chi connectivity index (χ4v) is 1.44. The minimum Gasteiger partial charge on any atom is -0.479 e. The number of nitrogens with zero attached hydrogens (tertiary/aromatic N) is 2. The van der Waals surface area contributed by atoms with Crippen molar-refractivity contribution in [2.45, 2.75) is 26.3 Å². The summed E-state index contributed by atoms with van der Waals surface area (Å²) in [6, 6.07) is 0. The molecule has 3 nitrogen and oxygen atoms in total. The second kappa shape index (κ2) is 3.43. The molecule has 1 heterocycles. The molecule has 0 fully saturated rings. The van der Waals surface area contributed by atoms with Gasteiger partial charge < -0.3 is 4.74 Å². The van der Waals surface area contributed by atoms with Crippen molar-refractivity contribution in [3.8, 4) is 5.88 Å². The topological polar surface area (TPSA) is 27.1 Å². The fraction of sp³-hybridized carbons (Fsp3) is 0.625. The molecule has 13 heavy (non-hydrogen) atoms. The number of ether oxygens (including phenoxy) is 1. The molecule has 0 spiro atoms. The number of halogens is 2. The van der Waals surface area contributed by atoms with Crippen molar-refractivity contribution < 1.29 is 9.13 Å². The summed E-state index contributed by atoms with van der Waals surface area (Å²) in [7, 11) is 1.44. The van der Waals surface area contributed by atoms with Crippen LogP contribution in [0.4, 0.5) is 4.39 Å². The minimum absolute atomic E-state index is 0.192. The van der Waals surface area contributed by atoms with Crippen LogP contribution in [0.25, 0.3) is 0 Å². The highest BCUT2D eigenvalue weighted by Crippen LogP contribution is 2.27. The van der Waals surface area contributed by atoms with Gasteiger partial charge in [0.15, 0.2) is 3.70 Å². The van der Waals surface area contributed by atoms with Gasteiger partial charge in [-0.3, -0.25) is 0 Å². The SMILES string of the molecule is COc1c(F)c(I)nn1C(C)(C)C. The Labute approximate surface area is 90.4 Å². The van der Waals surface area contributed by atoms with E-state index in [9.17, 15) is 4.39 Å². The zero-order valence-electron chi connectivity index (χ0n) is 8.06. The predicted octanol–water partition coefficient (Wildman–Crippen LogP) is 2.39. The third kappa shape index (κ3) is 1.95. The Kier molecular flexibility index (Phi) is 2.84. The van der Waals surface area contributed by atoms with Gasteiger partial charge in [-0.2, -0.15) is 9.49 Å². The number of methoxy groups -OCH3 is 1. The van der Waals surface area contributed by atoms with E-state index < -0.39 is 5.82 Å². The molecule has 74 valence electrons. The van der Waals surface area contributed by atoms with Gasteiger partial charge in [0.25, 0.3) is 0 Å². The zero-order valence-corrected chi connectivity index (χ0v) is 10.2. The lowest BCUT2D eigenvalue weighted by atomic mass is 10.1. The highest BCUT2D eigenvalue weighted by molar-refractivity contribution is 14.1. The molecule has 0 atom stereocenters. The standard InChI is InChI=1S/C8H12FIN2O/c1-8(2,3)12-7(13-4)5(9)6(10)11-12/h1-4H3. The van der Waals surface area contributed by atoms with Crippen molar-refractivity contribution in [1.82, 2.24) is 9.78 Å². The summed E-state index contributed by atoms with van der Waals surface area (Å²) in [5.74, 6) is -0.199. The Balaban J connectivity index is 3.30. The highest BCUT2D eigenvalue weighted by atomic mass is 127. The van der Waals surface area contributed by atoms with E-state index in [-0.39, 0.29) is 11.4 Å². The molecule has 0 unspecified atom stereocenters. The van der Waals surface area contributed by atoms with Crippen LogP contribution in [0.2, 0.25) is 0 Å². The third-order valence-corrected chi connectivity index (χ3v) is 2.27. The summed E-state index contributed by atoms with van der Waals surface area (Å²) in [5, 5.41) is 4.06. The molecule has 0 saturated carbocycles. The molecule has 1 rings (SSSR count). The number of rotatable bonds is 1. The minimum atomic E-state index is -0.391. The average molecular weight is 298 g/mol. The van der Waals surface area contributed by atoms with Crippen LogP contribution in [0.3, 0.4) is 0 Å². The maximum atomic E-state index is 13.3. The van der Waals surface area contributed by atoms with Gasteiger partial charge in [0, 0.05) is 0 Å². The van der Waals surface area contributed by atoms with Crippen molar-refractivity contribution in [3.05, 3.63) is 9.52 Å². The smallest absolute Gasteiger partial charge is 0.250 e. The Hall–Kier alpha value is -0.330. The van der Waals surface area contributed by atoms with E-state index in [4.69, 9.17) is 4.74 Å². The molecular weight excluding hydrogens is 286 g/mol. The van der Waals surface area contributed by atoms with Crippen molar-refractivity contribution in [2.24, 2.45) is 0 Å². The van der Waals surface area contributed by atoms with Crippen LogP contribution in [0.1, 0.15) is 20.8 Å². The van der Waals surface area contributed by atoms with Crippen molar-refractivity contribution in [3.63, 3.8) is 0 Å². The molecule has 0 aliphatic heterocycles. The molecule has 0 saturated heterocycles. The van der Waals surface area contributed by atoms with Crippen LogP contribution in [0.15, 0.2) is 0 Å². The first kappa shape index (κ1) is 10.7. The van der Waals surface area contributed by atoms with E-state index in [1.807, 2.05) is 43.4 Å². The maximum absolute atomic E-state index is 13.3. The molecule has 5 heteroatoms. The van der Waals surface area contributed by atoms with E-state index in [0.717, 1.165) is 0 Å². The molecule has 0 bridgehead atoms. The normalized spacial score (nSPS) is 11.8. The maximum Gasteiger partial charge on any atom is 0.250 e. The van der Waals surface area contributed by atoms with Crippen molar-refractivity contribution in [1.29, 1.82) is 0 Å². The summed E-state index contributed by atoms with van der Waals surface area (Å²) < 4.78 is 20.2. The number of aromatic nitrogens is 2. The Bertz CT molecular complexity index is 317. The molecule has 0 N–H and O–H groups in total. The van der Waals surface area contributed by atoms with Crippen molar-refractivity contribution >= 4 is 22.6 Å². The molecule has 0 radical (unpaired) electrons. The van der Waals surface area contributed by atoms with Crippen LogP contribution in [-0.2, 0) is 5.54 Å². The molecule has 1 aromatic rings. The van der Waals surface area contributed by atoms with Crippen LogP contribution >= 0.6 is 22.6 Å². The van der Waals surface area contributed by atoms with E-state index in [2.05, 4.69) is 5.10 Å². The molecule has 0 amide bonds. The predicted molar refractivity (Wildman–Crippen MR) is 56.5 cm³/mol. The largest absolute Gasteiger partial charge is 0.479 e. The quantitative estimate of drug-likeness (QED) is 0.744. The number of hydrogen-bond acceptors (Lipinski definition) is 2. The van der Waals surface area contributed by atoms with E-state index in [1.54, 1.807) is 4.68 Å². The fourth-order valence-electron chi connectivity index (χ4n) is 0.989. The summed E-state index contributed by atoms with van der Waals surface area (Å²) in [4.78, 5) is 0. The molecule has 0 aliphatic rings. The molecular formula is C8H12FIN2O. The van der Waals surface area contributed by atoms with E-state index in [0.29, 0.717) is 3.70 Å². The van der Waals surface area contributed by atoms with Crippen LogP contribution in [0, 0.1) is 9.52 Å². The van der Waals surface area contributed by atoms with Crippen LogP contribution in [0.5, 0.6) is 5.88 Å². The van der Waals surface area contributed by atoms with Gasteiger partial charge in [0.1, 0.15) is 0 Å². The van der Waals surface area contributed by atoms with Gasteiger partial charge in [-0.05, 0) is 43.4 Å². The monoisotopic (exact) mass is 298 g/mol. The second-order valence-corrected chi connectivity index (χ2v) is 4.72. The van der Waals surface area contributed by atoms with Gasteiger partial charge in [-0.25, -0.2) is 4.68 Å². The lowest BCUT2D eigenvalue weighted by Gasteiger charge is -2.20. The second-order valence-electron chi connectivity index (χ2n) is 3.70. The first-order valence-electron chi connectivity index (χ1n) is 3.86. The van der Waals surface area contributed by atoms with Gasteiger partial charge >= 0.3 is 0 Å². The Morgan fingerprint density at radius 2 is 2.00 bits per heavy atom. The van der Waals surface area contributed by atoms with Crippen molar-refractivity contribution in [2.75, 3.05) is 7.11 Å². The van der Waals surface area contributed by atoms with Crippen LogP contribution < -0.4 is 4.74 Å². The van der Waals surface area contributed by atoms with Gasteiger partial charge in [0.2, 0.25) is 11.7 Å². The summed E-state index contributed by atoms with van der Waals surface area (Å²) in [5.41, 5.74) is -0.268. The lowest BCUT2D eigenvalue weighted by molar-refractivity contribution is 0.273. The van der Waals surface area contributed by atoms with E-state index in [1.165, 1.54) is 7.11 Å². The molecule has 0 aliphatic carbocycles. The Morgan fingerprint density at radius 3 is 2.31 bits per heavy atom. The zero-order chi connectivity index (χ0) is 10.2. The molecule has 0 aromatic carbocycles. The van der Waals surface area contributed by atoms with Crippen LogP contribution in [-0.4, -0.2) is 16.9 Å². The summed E-state index contributed by atoms with van der Waals surface area (Å²) >= 11 is 1.85. The Morgan fingerprint density at radius 1 is 1.46 bits per heavy atom. The lowest BCUT2D eigenvalue weighted by Crippen LogP contribution is -2.23. The highest BCUT2D eigenvalue weighted by Gasteiger charge is 2.24. The number of hydrogen-bond donors (Lipinski definition) is 0. The van der Waals surface area contributed by atoms with Gasteiger partial charge in [0.05, 0.1) is 12.6 Å². The van der Waals surface area contributed by atoms with E-state index >= 15 is 0 Å². The first-order chi connectivity index (χ1) is 5.88. The van der Waals surface area contributed by atoms with Gasteiger partial charge in [-0.1, -0.05) is 0 Å². The summed E-state index contributed by atoms with van der Waals surface area (Å²) in [6.45, 7) is 5.83. The third-order valence-electron chi connectivity index (χ3n) is 1.58. The molecule has 1 aromatic heterocycles. The first-order valence-corrected chi connectivity index (χ1v) is 4.94. The summed E-state index contributed by atoms with van der Waals surface area (Å²) in [6.07, 6.45) is 0. The average Bonchev–Trinajstić information content (AvgIpc) is 2.28. The van der Waals surface area contributed by atoms with Gasteiger partial charge in [-0.15, -0.1) is 0 Å².